The number of hydrogen-bond donors (Lipinski definition) is 0. The van der Waals surface area contributed by atoms with Gasteiger partial charge in [-0.15, -0.1) is 0 Å². The smallest absolute Gasteiger partial charge is 0.297 e. The van der Waals surface area contributed by atoms with Gasteiger partial charge in [0.25, 0.3) is 6.02 Å². The Balaban J connectivity index is 1.86. The lowest BCUT2D eigenvalue weighted by molar-refractivity contribution is 0.443. The van der Waals surface area contributed by atoms with Crippen LogP contribution in [0.15, 0.2) is 41.7 Å². The second-order valence-electron chi connectivity index (χ2n) is 3.53. The molecule has 0 radical (unpaired) electrons. The number of benzene rings is 1. The highest BCUT2D eigenvalue weighted by atomic mass is 19.1. The maximum absolute atomic E-state index is 12.7. The van der Waals surface area contributed by atoms with Crippen molar-refractivity contribution in [3.8, 4) is 0 Å². The normalized spacial score (nSPS) is 22.6. The van der Waals surface area contributed by atoms with Gasteiger partial charge in [0.1, 0.15) is 12.1 Å². The summed E-state index contributed by atoms with van der Waals surface area (Å²) in [4.78, 5) is 6.32. The Bertz CT molecular complexity index is 438. The first-order valence-corrected chi connectivity index (χ1v) is 4.76. The molecule has 0 amide bonds. The zero-order valence-electron chi connectivity index (χ0n) is 7.93. The minimum Gasteiger partial charge on any atom is -0.432 e. The van der Waals surface area contributed by atoms with E-state index in [4.69, 9.17) is 4.74 Å². The number of aliphatic imine (C=N–C) groups is 1. The van der Waals surface area contributed by atoms with E-state index in [1.165, 1.54) is 12.1 Å². The summed E-state index contributed by atoms with van der Waals surface area (Å²) in [7, 11) is 0. The van der Waals surface area contributed by atoms with Crippen LogP contribution in [0.3, 0.4) is 0 Å². The van der Waals surface area contributed by atoms with Crippen molar-refractivity contribution in [1.29, 1.82) is 0 Å². The summed E-state index contributed by atoms with van der Waals surface area (Å²) < 4.78 is 17.9. The van der Waals surface area contributed by atoms with Crippen molar-refractivity contribution >= 4 is 6.02 Å². The topological polar surface area (TPSA) is 24.8 Å². The lowest BCUT2D eigenvalue weighted by Crippen LogP contribution is -2.18. The molecule has 0 N–H and O–H groups in total. The monoisotopic (exact) mass is 204 g/mol. The molecule has 0 aliphatic carbocycles. The van der Waals surface area contributed by atoms with E-state index in [0.29, 0.717) is 6.02 Å². The van der Waals surface area contributed by atoms with Crippen LogP contribution in [0.1, 0.15) is 11.6 Å². The van der Waals surface area contributed by atoms with Crippen LogP contribution in [0.5, 0.6) is 0 Å². The maximum Gasteiger partial charge on any atom is 0.297 e. The molecule has 76 valence electrons. The molecule has 0 bridgehead atoms. The van der Waals surface area contributed by atoms with Crippen molar-refractivity contribution in [2.75, 3.05) is 6.54 Å². The van der Waals surface area contributed by atoms with Crippen LogP contribution in [-0.2, 0) is 4.74 Å². The largest absolute Gasteiger partial charge is 0.432 e. The summed E-state index contributed by atoms with van der Waals surface area (Å²) in [6.45, 7) is 0.761. The van der Waals surface area contributed by atoms with E-state index in [9.17, 15) is 4.39 Å². The Hall–Kier alpha value is -1.84. The number of nitrogens with zero attached hydrogens (tertiary/aromatic N) is 2. The van der Waals surface area contributed by atoms with Crippen LogP contribution in [0.2, 0.25) is 0 Å². The average Bonchev–Trinajstić information content (AvgIpc) is 2.78. The van der Waals surface area contributed by atoms with Gasteiger partial charge in [0.15, 0.2) is 0 Å². The molecule has 0 aromatic heterocycles. The van der Waals surface area contributed by atoms with Crippen LogP contribution in [0.4, 0.5) is 4.39 Å². The molecule has 1 unspecified atom stereocenters. The number of fused-ring (bicyclic) bond motifs is 1. The predicted molar refractivity (Wildman–Crippen MR) is 53.5 cm³/mol. The fourth-order valence-electron chi connectivity index (χ4n) is 1.77. The predicted octanol–water partition coefficient (Wildman–Crippen LogP) is 2.04. The molecule has 0 saturated carbocycles. The summed E-state index contributed by atoms with van der Waals surface area (Å²) >= 11 is 0. The Kier molecular flexibility index (Phi) is 1.74. The molecule has 2 aliphatic heterocycles. The fraction of sp³-hybridized carbons (Fsp3) is 0.182. The first-order valence-electron chi connectivity index (χ1n) is 4.76. The standard InChI is InChI=1S/C11H9FN2O/c12-9-3-1-8(2-4-9)10-7-14-5-6-15-11(14)13-10/h1-6,10H,7H2. The van der Waals surface area contributed by atoms with E-state index < -0.39 is 0 Å². The van der Waals surface area contributed by atoms with Gasteiger partial charge < -0.3 is 4.74 Å². The van der Waals surface area contributed by atoms with Crippen molar-refractivity contribution in [2.45, 2.75) is 6.04 Å². The molecule has 3 rings (SSSR count). The van der Waals surface area contributed by atoms with E-state index in [2.05, 4.69) is 4.99 Å². The molecule has 4 heteroatoms. The molecule has 1 atom stereocenters. The molecule has 3 nitrogen and oxygen atoms in total. The summed E-state index contributed by atoms with van der Waals surface area (Å²) in [6, 6.07) is 7.10. The Morgan fingerprint density at radius 2 is 2.13 bits per heavy atom. The maximum atomic E-state index is 12.7. The molecule has 2 aliphatic rings. The van der Waals surface area contributed by atoms with Crippen LogP contribution < -0.4 is 0 Å². The SMILES string of the molecule is Fc1ccc(C2CN3C=COC3=N2)cc1. The van der Waals surface area contributed by atoms with Gasteiger partial charge >= 0.3 is 0 Å². The summed E-state index contributed by atoms with van der Waals surface area (Å²) in [5.74, 6) is -0.221. The molecule has 1 aromatic rings. The van der Waals surface area contributed by atoms with Crippen LogP contribution in [-0.4, -0.2) is 17.5 Å². The third-order valence-electron chi connectivity index (χ3n) is 2.55. The van der Waals surface area contributed by atoms with Crippen molar-refractivity contribution < 1.29 is 9.13 Å². The molecular weight excluding hydrogens is 195 g/mol. The van der Waals surface area contributed by atoms with Crippen molar-refractivity contribution in [3.05, 3.63) is 48.1 Å². The van der Waals surface area contributed by atoms with Gasteiger partial charge in [0, 0.05) is 6.20 Å². The second-order valence-corrected chi connectivity index (χ2v) is 3.53. The summed E-state index contributed by atoms with van der Waals surface area (Å²) in [5.41, 5.74) is 1.01. The number of hydrogen-bond acceptors (Lipinski definition) is 3. The minimum absolute atomic E-state index is 0.0468. The van der Waals surface area contributed by atoms with E-state index in [1.807, 2.05) is 11.1 Å². The van der Waals surface area contributed by atoms with Gasteiger partial charge in [-0.2, -0.15) is 0 Å². The zero-order chi connectivity index (χ0) is 10.3. The summed E-state index contributed by atoms with van der Waals surface area (Å²) in [5, 5.41) is 0. The van der Waals surface area contributed by atoms with Gasteiger partial charge in [-0.05, 0) is 17.7 Å². The molecule has 0 fully saturated rings. The van der Waals surface area contributed by atoms with E-state index in [-0.39, 0.29) is 11.9 Å². The Morgan fingerprint density at radius 1 is 1.33 bits per heavy atom. The minimum atomic E-state index is -0.221. The third kappa shape index (κ3) is 1.38. The van der Waals surface area contributed by atoms with Gasteiger partial charge in [-0.3, -0.25) is 4.90 Å². The zero-order valence-corrected chi connectivity index (χ0v) is 7.93. The molecule has 2 heterocycles. The van der Waals surface area contributed by atoms with Crippen LogP contribution in [0.25, 0.3) is 0 Å². The number of ether oxygens (including phenoxy) is 1. The van der Waals surface area contributed by atoms with Crippen LogP contribution >= 0.6 is 0 Å². The van der Waals surface area contributed by atoms with Gasteiger partial charge in [0.2, 0.25) is 0 Å². The van der Waals surface area contributed by atoms with Crippen molar-refractivity contribution in [3.63, 3.8) is 0 Å². The Labute approximate surface area is 86.5 Å². The van der Waals surface area contributed by atoms with Gasteiger partial charge in [-0.1, -0.05) is 12.1 Å². The number of halogens is 1. The lowest BCUT2D eigenvalue weighted by Gasteiger charge is -2.09. The van der Waals surface area contributed by atoms with Crippen LogP contribution in [0, 0.1) is 5.82 Å². The van der Waals surface area contributed by atoms with Gasteiger partial charge in [-0.25, -0.2) is 9.38 Å². The van der Waals surface area contributed by atoms with Crippen molar-refractivity contribution in [1.82, 2.24) is 4.90 Å². The molecule has 0 saturated heterocycles. The van der Waals surface area contributed by atoms with E-state index >= 15 is 0 Å². The average molecular weight is 204 g/mol. The van der Waals surface area contributed by atoms with Crippen molar-refractivity contribution in [2.24, 2.45) is 4.99 Å². The quantitative estimate of drug-likeness (QED) is 0.699. The number of rotatable bonds is 1. The molecule has 0 spiro atoms. The fourth-order valence-corrected chi connectivity index (χ4v) is 1.77. The first-order chi connectivity index (χ1) is 7.33. The number of amidine groups is 1. The molecular formula is C11H9FN2O. The summed E-state index contributed by atoms with van der Waals surface area (Å²) in [6.07, 6.45) is 3.46. The second kappa shape index (κ2) is 3.08. The highest BCUT2D eigenvalue weighted by molar-refractivity contribution is 5.79. The van der Waals surface area contributed by atoms with Gasteiger partial charge in [0.05, 0.1) is 12.6 Å². The van der Waals surface area contributed by atoms with E-state index in [0.717, 1.165) is 12.1 Å². The third-order valence-corrected chi connectivity index (χ3v) is 2.55. The lowest BCUT2D eigenvalue weighted by atomic mass is 10.1. The highest BCUT2D eigenvalue weighted by Crippen LogP contribution is 2.27. The molecule has 15 heavy (non-hydrogen) atoms. The first kappa shape index (κ1) is 8.47. The molecule has 1 aromatic carbocycles. The Morgan fingerprint density at radius 3 is 2.87 bits per heavy atom. The van der Waals surface area contributed by atoms with E-state index in [1.54, 1.807) is 18.4 Å². The highest BCUT2D eigenvalue weighted by Gasteiger charge is 2.28.